The van der Waals surface area contributed by atoms with Gasteiger partial charge in [-0.05, 0) is 12.1 Å². The fourth-order valence-corrected chi connectivity index (χ4v) is 0.946. The zero-order chi connectivity index (χ0) is 10.6. The minimum absolute atomic E-state index is 0.0272. The molecule has 0 aromatic heterocycles. The molecular weight excluding hydrogens is 214 g/mol. The van der Waals surface area contributed by atoms with Crippen LogP contribution in [0.3, 0.4) is 0 Å². The van der Waals surface area contributed by atoms with Gasteiger partial charge in [-0.25, -0.2) is 0 Å². The molecule has 0 saturated heterocycles. The molecule has 78 valence electrons. The van der Waals surface area contributed by atoms with E-state index in [1.54, 1.807) is 12.1 Å². The molecule has 0 bridgehead atoms. The predicted molar refractivity (Wildman–Crippen MR) is 49.3 cm³/mol. The third-order valence-corrected chi connectivity index (χ3v) is 1.80. The van der Waals surface area contributed by atoms with E-state index >= 15 is 0 Å². The van der Waals surface area contributed by atoms with Crippen molar-refractivity contribution in [1.29, 1.82) is 0 Å². The van der Waals surface area contributed by atoms with Gasteiger partial charge >= 0.3 is 6.11 Å². The molecule has 0 amide bonds. The minimum Gasteiger partial charge on any atom is -0.493 e. The second kappa shape index (κ2) is 4.46. The van der Waals surface area contributed by atoms with Crippen LogP contribution in [0.4, 0.5) is 8.78 Å². The van der Waals surface area contributed by atoms with Crippen molar-refractivity contribution in [3.63, 3.8) is 0 Å². The molecule has 0 heterocycles. The number of halogens is 3. The molecule has 14 heavy (non-hydrogen) atoms. The number of methoxy groups -OCH3 is 1. The number of hydrogen-bond acceptors (Lipinski definition) is 2. The molecule has 0 aliphatic heterocycles. The maximum Gasteiger partial charge on any atom is 0.411 e. The Morgan fingerprint density at radius 1 is 1.29 bits per heavy atom. The summed E-state index contributed by atoms with van der Waals surface area (Å²) in [5.41, 5.74) is 0. The topological polar surface area (TPSA) is 18.5 Å². The van der Waals surface area contributed by atoms with E-state index in [1.807, 2.05) is 0 Å². The maximum absolute atomic E-state index is 12.7. The average molecular weight is 223 g/mol. The van der Waals surface area contributed by atoms with Crippen molar-refractivity contribution in [2.75, 3.05) is 13.0 Å². The van der Waals surface area contributed by atoms with Crippen LogP contribution in [-0.2, 0) is 0 Å². The van der Waals surface area contributed by atoms with E-state index in [9.17, 15) is 8.78 Å². The number of alkyl halides is 3. The standard InChI is InChI=1S/C9H9ClF2O2/c1-13-7-4-2-3-5-8(7)14-9(11,12)6-10/h2-5H,6H2,1H3. The van der Waals surface area contributed by atoms with Crippen LogP contribution in [0.25, 0.3) is 0 Å². The van der Waals surface area contributed by atoms with E-state index in [2.05, 4.69) is 4.74 Å². The van der Waals surface area contributed by atoms with Crippen LogP contribution in [0.15, 0.2) is 24.3 Å². The van der Waals surface area contributed by atoms with E-state index in [4.69, 9.17) is 16.3 Å². The van der Waals surface area contributed by atoms with Gasteiger partial charge in [-0.15, -0.1) is 11.6 Å². The maximum atomic E-state index is 12.7. The molecule has 0 N–H and O–H groups in total. The van der Waals surface area contributed by atoms with Gasteiger partial charge in [-0.2, -0.15) is 8.78 Å². The number of hydrogen-bond donors (Lipinski definition) is 0. The third kappa shape index (κ3) is 2.73. The highest BCUT2D eigenvalue weighted by Gasteiger charge is 2.31. The van der Waals surface area contributed by atoms with Crippen LogP contribution in [0.2, 0.25) is 0 Å². The Bertz CT molecular complexity index is 305. The molecule has 0 spiro atoms. The van der Waals surface area contributed by atoms with Gasteiger partial charge in [0, 0.05) is 0 Å². The van der Waals surface area contributed by atoms with Gasteiger partial charge in [-0.3, -0.25) is 0 Å². The molecule has 5 heteroatoms. The largest absolute Gasteiger partial charge is 0.493 e. The predicted octanol–water partition coefficient (Wildman–Crippen LogP) is 2.91. The number of ether oxygens (including phenoxy) is 2. The lowest BCUT2D eigenvalue weighted by molar-refractivity contribution is -0.156. The first-order valence-electron chi connectivity index (χ1n) is 3.85. The molecule has 2 nitrogen and oxygen atoms in total. The molecule has 0 radical (unpaired) electrons. The minimum atomic E-state index is -3.38. The van der Waals surface area contributed by atoms with E-state index in [-0.39, 0.29) is 11.5 Å². The first kappa shape index (κ1) is 11.0. The highest BCUT2D eigenvalue weighted by atomic mass is 35.5. The summed E-state index contributed by atoms with van der Waals surface area (Å²) in [5.74, 6) is -0.677. The highest BCUT2D eigenvalue weighted by Crippen LogP contribution is 2.31. The summed E-state index contributed by atoms with van der Waals surface area (Å²) in [7, 11) is 1.38. The van der Waals surface area contributed by atoms with Crippen LogP contribution in [-0.4, -0.2) is 19.1 Å². The molecule has 1 aromatic carbocycles. The first-order chi connectivity index (χ1) is 6.59. The summed E-state index contributed by atoms with van der Waals surface area (Å²) in [6.07, 6.45) is -3.38. The lowest BCUT2D eigenvalue weighted by atomic mass is 10.3. The molecule has 0 atom stereocenters. The van der Waals surface area contributed by atoms with Crippen molar-refractivity contribution < 1.29 is 18.3 Å². The fourth-order valence-electron chi connectivity index (χ4n) is 0.891. The van der Waals surface area contributed by atoms with Crippen molar-refractivity contribution in [2.45, 2.75) is 6.11 Å². The van der Waals surface area contributed by atoms with Gasteiger partial charge in [-0.1, -0.05) is 12.1 Å². The Balaban J connectivity index is 2.85. The SMILES string of the molecule is COc1ccccc1OC(F)(F)CCl. The Labute approximate surface area is 85.4 Å². The lowest BCUT2D eigenvalue weighted by Gasteiger charge is -2.16. The lowest BCUT2D eigenvalue weighted by Crippen LogP contribution is -2.26. The van der Waals surface area contributed by atoms with Gasteiger partial charge < -0.3 is 9.47 Å². The average Bonchev–Trinajstić information content (AvgIpc) is 2.18. The zero-order valence-electron chi connectivity index (χ0n) is 7.47. The van der Waals surface area contributed by atoms with Gasteiger partial charge in [0.1, 0.15) is 5.88 Å². The molecule has 0 saturated carbocycles. The third-order valence-electron chi connectivity index (χ3n) is 1.48. The second-order valence-corrected chi connectivity index (χ2v) is 2.79. The van der Waals surface area contributed by atoms with E-state index in [1.165, 1.54) is 19.2 Å². The van der Waals surface area contributed by atoms with Gasteiger partial charge in [0.15, 0.2) is 11.5 Å². The van der Waals surface area contributed by atoms with Crippen LogP contribution >= 0.6 is 11.6 Å². The first-order valence-corrected chi connectivity index (χ1v) is 4.38. The smallest absolute Gasteiger partial charge is 0.411 e. The van der Waals surface area contributed by atoms with Crippen molar-refractivity contribution in [3.05, 3.63) is 24.3 Å². The Morgan fingerprint density at radius 3 is 2.36 bits per heavy atom. The molecule has 0 aliphatic rings. The normalized spacial score (nSPS) is 11.1. The van der Waals surface area contributed by atoms with Crippen LogP contribution in [0, 0.1) is 0 Å². The Hall–Kier alpha value is -1.03. The second-order valence-electron chi connectivity index (χ2n) is 2.52. The quantitative estimate of drug-likeness (QED) is 0.730. The van der Waals surface area contributed by atoms with Crippen LogP contribution in [0.5, 0.6) is 11.5 Å². The molecule has 0 aliphatic carbocycles. The summed E-state index contributed by atoms with van der Waals surface area (Å²) in [6, 6.07) is 6.14. The fraction of sp³-hybridized carbons (Fsp3) is 0.333. The zero-order valence-corrected chi connectivity index (χ0v) is 8.22. The van der Waals surface area contributed by atoms with Crippen molar-refractivity contribution in [1.82, 2.24) is 0 Å². The van der Waals surface area contributed by atoms with E-state index < -0.39 is 12.0 Å². The molecular formula is C9H9ClF2O2. The summed E-state index contributed by atoms with van der Waals surface area (Å²) in [6.45, 7) is 0. The van der Waals surface area contributed by atoms with Crippen molar-refractivity contribution in [3.8, 4) is 11.5 Å². The van der Waals surface area contributed by atoms with Gasteiger partial charge in [0.2, 0.25) is 0 Å². The van der Waals surface area contributed by atoms with Crippen LogP contribution < -0.4 is 9.47 Å². The van der Waals surface area contributed by atoms with Crippen LogP contribution in [0.1, 0.15) is 0 Å². The molecule has 1 rings (SSSR count). The van der Waals surface area contributed by atoms with Crippen molar-refractivity contribution in [2.24, 2.45) is 0 Å². The Kier molecular flexibility index (Phi) is 3.52. The molecule has 0 fully saturated rings. The van der Waals surface area contributed by atoms with Crippen molar-refractivity contribution >= 4 is 11.6 Å². The number of benzene rings is 1. The summed E-state index contributed by atoms with van der Waals surface area (Å²) >= 11 is 5.02. The summed E-state index contributed by atoms with van der Waals surface area (Å²) in [4.78, 5) is 0. The number of rotatable bonds is 4. The number of para-hydroxylation sites is 2. The Morgan fingerprint density at radius 2 is 1.86 bits per heavy atom. The van der Waals surface area contributed by atoms with E-state index in [0.717, 1.165) is 0 Å². The molecule has 0 unspecified atom stereocenters. The summed E-state index contributed by atoms with van der Waals surface area (Å²) in [5, 5.41) is 0. The summed E-state index contributed by atoms with van der Waals surface area (Å²) < 4.78 is 34.7. The monoisotopic (exact) mass is 222 g/mol. The van der Waals surface area contributed by atoms with E-state index in [0.29, 0.717) is 0 Å². The van der Waals surface area contributed by atoms with Gasteiger partial charge in [0.05, 0.1) is 7.11 Å². The highest BCUT2D eigenvalue weighted by molar-refractivity contribution is 6.18. The molecule has 1 aromatic rings. The van der Waals surface area contributed by atoms with Gasteiger partial charge in [0.25, 0.3) is 0 Å².